The molecule has 1 aliphatic carbocycles. The van der Waals surface area contributed by atoms with Crippen molar-refractivity contribution < 1.29 is 0 Å². The Morgan fingerprint density at radius 3 is 2.80 bits per heavy atom. The summed E-state index contributed by atoms with van der Waals surface area (Å²) in [5.74, 6) is 2.57. The summed E-state index contributed by atoms with van der Waals surface area (Å²) < 4.78 is 0. The van der Waals surface area contributed by atoms with Gasteiger partial charge in [0.15, 0.2) is 0 Å². The molecule has 0 aromatic heterocycles. The molecule has 0 amide bonds. The van der Waals surface area contributed by atoms with E-state index in [4.69, 9.17) is 0 Å². The van der Waals surface area contributed by atoms with Crippen LogP contribution in [0.2, 0.25) is 0 Å². The van der Waals surface area contributed by atoms with Crippen molar-refractivity contribution in [3.05, 3.63) is 0 Å². The Morgan fingerprint density at radius 2 is 2.13 bits per heavy atom. The van der Waals surface area contributed by atoms with Gasteiger partial charge in [-0.2, -0.15) is 11.8 Å². The minimum Gasteiger partial charge on any atom is -0.311 e. The zero-order chi connectivity index (χ0) is 10.6. The van der Waals surface area contributed by atoms with Crippen molar-refractivity contribution in [3.8, 4) is 0 Å². The third kappa shape index (κ3) is 3.65. The molecule has 1 unspecified atom stereocenters. The van der Waals surface area contributed by atoms with Gasteiger partial charge in [-0.1, -0.05) is 19.3 Å². The monoisotopic (exact) mass is 228 g/mol. The van der Waals surface area contributed by atoms with Crippen LogP contribution in [0.3, 0.4) is 0 Å². The maximum atomic E-state index is 3.79. The lowest BCUT2D eigenvalue weighted by Gasteiger charge is -2.37. The van der Waals surface area contributed by atoms with Crippen LogP contribution in [-0.2, 0) is 0 Å². The van der Waals surface area contributed by atoms with Crippen LogP contribution in [0.25, 0.3) is 0 Å². The molecule has 2 rings (SSSR count). The molecule has 0 bridgehead atoms. The lowest BCUT2D eigenvalue weighted by molar-refractivity contribution is 0.247. The first kappa shape index (κ1) is 11.7. The van der Waals surface area contributed by atoms with Gasteiger partial charge >= 0.3 is 0 Å². The normalized spacial score (nSPS) is 31.4. The van der Waals surface area contributed by atoms with E-state index in [1.165, 1.54) is 50.2 Å². The van der Waals surface area contributed by atoms with Crippen LogP contribution in [0.1, 0.15) is 39.0 Å². The first-order valence-electron chi connectivity index (χ1n) is 6.35. The van der Waals surface area contributed by atoms with E-state index in [-0.39, 0.29) is 0 Å². The second-order valence-electron chi connectivity index (χ2n) is 5.23. The maximum absolute atomic E-state index is 3.79. The molecule has 88 valence electrons. The average Bonchev–Trinajstić information content (AvgIpc) is 2.29. The molecule has 2 N–H and O–H groups in total. The molecule has 1 saturated carbocycles. The summed E-state index contributed by atoms with van der Waals surface area (Å²) in [5, 5.41) is 7.38. The van der Waals surface area contributed by atoms with Crippen LogP contribution in [0, 0.1) is 0 Å². The number of hydrogen-bond donors (Lipinski definition) is 2. The van der Waals surface area contributed by atoms with Gasteiger partial charge in [0.25, 0.3) is 0 Å². The summed E-state index contributed by atoms with van der Waals surface area (Å²) in [6.45, 7) is 4.75. The highest BCUT2D eigenvalue weighted by molar-refractivity contribution is 7.99. The topological polar surface area (TPSA) is 24.1 Å². The van der Waals surface area contributed by atoms with Crippen LogP contribution in [0.15, 0.2) is 0 Å². The van der Waals surface area contributed by atoms with Crippen molar-refractivity contribution in [2.75, 3.05) is 24.6 Å². The Bertz CT molecular complexity index is 184. The smallest absolute Gasteiger partial charge is 0.0283 e. The largest absolute Gasteiger partial charge is 0.311 e. The minimum absolute atomic E-state index is 0.433. The third-order valence-electron chi connectivity index (χ3n) is 3.73. The molecule has 1 heterocycles. The third-order valence-corrected chi connectivity index (χ3v) is 4.86. The van der Waals surface area contributed by atoms with E-state index in [1.807, 2.05) is 0 Å². The van der Waals surface area contributed by atoms with Gasteiger partial charge in [-0.15, -0.1) is 0 Å². The molecule has 0 spiro atoms. The van der Waals surface area contributed by atoms with Gasteiger partial charge in [0.2, 0.25) is 0 Å². The highest BCUT2D eigenvalue weighted by Crippen LogP contribution is 2.27. The van der Waals surface area contributed by atoms with Gasteiger partial charge in [-0.3, -0.25) is 0 Å². The molecular formula is C12H24N2S. The Kier molecular flexibility index (Phi) is 4.35. The highest BCUT2D eigenvalue weighted by Gasteiger charge is 2.27. The summed E-state index contributed by atoms with van der Waals surface area (Å²) in [5.41, 5.74) is 0.433. The predicted molar refractivity (Wildman–Crippen MR) is 68.6 cm³/mol. The van der Waals surface area contributed by atoms with Gasteiger partial charge in [0, 0.05) is 36.2 Å². The van der Waals surface area contributed by atoms with E-state index in [0.717, 1.165) is 6.54 Å². The van der Waals surface area contributed by atoms with E-state index >= 15 is 0 Å². The summed E-state index contributed by atoms with van der Waals surface area (Å²) in [6, 6.07) is 0.697. The van der Waals surface area contributed by atoms with Crippen LogP contribution in [0.5, 0.6) is 0 Å². The van der Waals surface area contributed by atoms with E-state index in [9.17, 15) is 0 Å². The Balaban J connectivity index is 1.70. The summed E-state index contributed by atoms with van der Waals surface area (Å²) in [7, 11) is 0. The minimum atomic E-state index is 0.433. The van der Waals surface area contributed by atoms with E-state index in [0.29, 0.717) is 11.6 Å². The SMILES string of the molecule is CC1(NCC2CSCCN2)CCCCC1. The van der Waals surface area contributed by atoms with E-state index in [1.54, 1.807) is 0 Å². The fourth-order valence-electron chi connectivity index (χ4n) is 2.63. The second-order valence-corrected chi connectivity index (χ2v) is 6.38. The number of thioether (sulfide) groups is 1. The van der Waals surface area contributed by atoms with E-state index in [2.05, 4.69) is 29.3 Å². The average molecular weight is 228 g/mol. The lowest BCUT2D eigenvalue weighted by Crippen LogP contribution is -2.52. The Hall–Kier alpha value is 0.270. The zero-order valence-corrected chi connectivity index (χ0v) is 10.7. The van der Waals surface area contributed by atoms with Crippen LogP contribution < -0.4 is 10.6 Å². The molecule has 3 heteroatoms. The molecule has 1 atom stereocenters. The molecule has 1 saturated heterocycles. The van der Waals surface area contributed by atoms with Gasteiger partial charge in [0.1, 0.15) is 0 Å². The number of nitrogens with one attached hydrogen (secondary N) is 2. The number of hydrogen-bond acceptors (Lipinski definition) is 3. The van der Waals surface area contributed by atoms with Crippen LogP contribution in [-0.4, -0.2) is 36.2 Å². The summed E-state index contributed by atoms with van der Waals surface area (Å²) in [4.78, 5) is 0. The van der Waals surface area contributed by atoms with Crippen molar-refractivity contribution >= 4 is 11.8 Å². The molecule has 1 aliphatic heterocycles. The summed E-state index contributed by atoms with van der Waals surface area (Å²) in [6.07, 6.45) is 7.00. The number of rotatable bonds is 3. The van der Waals surface area contributed by atoms with Crippen LogP contribution >= 0.6 is 11.8 Å². The van der Waals surface area contributed by atoms with Crippen molar-refractivity contribution in [1.29, 1.82) is 0 Å². The molecule has 15 heavy (non-hydrogen) atoms. The fourth-order valence-corrected chi connectivity index (χ4v) is 3.58. The molecule has 2 nitrogen and oxygen atoms in total. The Morgan fingerprint density at radius 1 is 1.33 bits per heavy atom. The predicted octanol–water partition coefficient (Wildman–Crippen LogP) is 2.00. The summed E-state index contributed by atoms with van der Waals surface area (Å²) >= 11 is 2.09. The quantitative estimate of drug-likeness (QED) is 0.772. The molecule has 0 radical (unpaired) electrons. The highest BCUT2D eigenvalue weighted by atomic mass is 32.2. The van der Waals surface area contributed by atoms with Crippen molar-refractivity contribution in [2.45, 2.75) is 50.6 Å². The molecule has 2 fully saturated rings. The van der Waals surface area contributed by atoms with E-state index < -0.39 is 0 Å². The molecular weight excluding hydrogens is 204 g/mol. The first-order chi connectivity index (χ1) is 7.29. The second kappa shape index (κ2) is 5.55. The van der Waals surface area contributed by atoms with Crippen LogP contribution in [0.4, 0.5) is 0 Å². The van der Waals surface area contributed by atoms with Gasteiger partial charge < -0.3 is 10.6 Å². The fraction of sp³-hybridized carbons (Fsp3) is 1.00. The maximum Gasteiger partial charge on any atom is 0.0283 e. The van der Waals surface area contributed by atoms with Gasteiger partial charge in [-0.05, 0) is 19.8 Å². The molecule has 2 aliphatic rings. The Labute approximate surface area is 98.0 Å². The molecule has 0 aromatic carbocycles. The first-order valence-corrected chi connectivity index (χ1v) is 7.50. The van der Waals surface area contributed by atoms with Crippen molar-refractivity contribution in [2.24, 2.45) is 0 Å². The van der Waals surface area contributed by atoms with Crippen molar-refractivity contribution in [1.82, 2.24) is 10.6 Å². The van der Waals surface area contributed by atoms with Gasteiger partial charge in [0.05, 0.1) is 0 Å². The standard InChI is InChI=1S/C12H24N2S/c1-12(5-3-2-4-6-12)14-9-11-10-15-8-7-13-11/h11,13-14H,2-10H2,1H3. The zero-order valence-electron chi connectivity index (χ0n) is 9.85. The van der Waals surface area contributed by atoms with Gasteiger partial charge in [-0.25, -0.2) is 0 Å². The lowest BCUT2D eigenvalue weighted by atomic mass is 9.83. The van der Waals surface area contributed by atoms with Crippen molar-refractivity contribution in [3.63, 3.8) is 0 Å². The molecule has 0 aromatic rings.